The molecule has 0 saturated heterocycles. The van der Waals surface area contributed by atoms with E-state index in [1.165, 1.54) is 49.5 Å². The summed E-state index contributed by atoms with van der Waals surface area (Å²) in [6.07, 6.45) is 0. The van der Waals surface area contributed by atoms with Gasteiger partial charge in [-0.15, -0.1) is 0 Å². The van der Waals surface area contributed by atoms with E-state index in [0.29, 0.717) is 0 Å². The third-order valence-electron chi connectivity index (χ3n) is 7.44. The first-order valence-electron chi connectivity index (χ1n) is 13.4. The average molecular weight is 498 g/mol. The second-order valence-corrected chi connectivity index (χ2v) is 9.82. The summed E-state index contributed by atoms with van der Waals surface area (Å²) in [7, 11) is 0. The van der Waals surface area contributed by atoms with Crippen LogP contribution >= 0.6 is 0 Å². The highest BCUT2D eigenvalue weighted by Crippen LogP contribution is 2.39. The molecule has 0 radical (unpaired) electrons. The summed E-state index contributed by atoms with van der Waals surface area (Å²) in [5.41, 5.74) is 8.35. The highest BCUT2D eigenvalue weighted by atomic mass is 15.1. The Balaban J connectivity index is 1.30. The highest BCUT2D eigenvalue weighted by molar-refractivity contribution is 5.99. The van der Waals surface area contributed by atoms with Crippen LogP contribution in [0.25, 0.3) is 43.8 Å². The molecule has 0 unspecified atom stereocenters. The highest BCUT2D eigenvalue weighted by Gasteiger charge is 2.15. The number of hydrogen-bond donors (Lipinski definition) is 0. The number of anilines is 3. The third-order valence-corrected chi connectivity index (χ3v) is 7.44. The first kappa shape index (κ1) is 23.0. The largest absolute Gasteiger partial charge is 0.310 e. The Morgan fingerprint density at radius 2 is 0.897 bits per heavy atom. The van der Waals surface area contributed by atoms with Gasteiger partial charge in [-0.2, -0.15) is 0 Å². The van der Waals surface area contributed by atoms with Crippen LogP contribution in [-0.4, -0.2) is 0 Å². The molecule has 7 rings (SSSR count). The Hall–Kier alpha value is -5.14. The van der Waals surface area contributed by atoms with Crippen LogP contribution in [0.1, 0.15) is 0 Å². The van der Waals surface area contributed by atoms with Gasteiger partial charge in [0.2, 0.25) is 0 Å². The maximum absolute atomic E-state index is 2.35. The third kappa shape index (κ3) is 4.35. The number of rotatable bonds is 5. The van der Waals surface area contributed by atoms with Crippen LogP contribution < -0.4 is 4.90 Å². The molecule has 0 aliphatic heterocycles. The molecular formula is C38H27N. The van der Waals surface area contributed by atoms with Crippen molar-refractivity contribution in [3.63, 3.8) is 0 Å². The Labute approximate surface area is 229 Å². The van der Waals surface area contributed by atoms with Gasteiger partial charge < -0.3 is 4.90 Å². The smallest absolute Gasteiger partial charge is 0.0540 e. The Morgan fingerprint density at radius 1 is 0.333 bits per heavy atom. The summed E-state index contributed by atoms with van der Waals surface area (Å²) in [4.78, 5) is 2.35. The zero-order valence-electron chi connectivity index (χ0n) is 21.5. The molecule has 7 aromatic rings. The number of benzene rings is 7. The van der Waals surface area contributed by atoms with Crippen molar-refractivity contribution < 1.29 is 0 Å². The van der Waals surface area contributed by atoms with Gasteiger partial charge >= 0.3 is 0 Å². The molecule has 0 spiro atoms. The van der Waals surface area contributed by atoms with Crippen molar-refractivity contribution in [2.45, 2.75) is 0 Å². The lowest BCUT2D eigenvalue weighted by atomic mass is 9.95. The van der Waals surface area contributed by atoms with E-state index in [2.05, 4.69) is 169 Å². The normalized spacial score (nSPS) is 11.1. The fraction of sp³-hybridized carbons (Fsp3) is 0. The number of nitrogens with zero attached hydrogens (tertiary/aromatic N) is 1. The molecule has 7 aromatic carbocycles. The van der Waals surface area contributed by atoms with E-state index in [1.54, 1.807) is 0 Å². The van der Waals surface area contributed by atoms with E-state index in [1.807, 2.05) is 0 Å². The number of hydrogen-bond acceptors (Lipinski definition) is 1. The Morgan fingerprint density at radius 3 is 1.69 bits per heavy atom. The summed E-state index contributed by atoms with van der Waals surface area (Å²) in [6.45, 7) is 0. The molecule has 0 bridgehead atoms. The topological polar surface area (TPSA) is 3.24 Å². The molecule has 1 nitrogen and oxygen atoms in total. The molecule has 0 heterocycles. The fourth-order valence-electron chi connectivity index (χ4n) is 5.55. The summed E-state index contributed by atoms with van der Waals surface area (Å²) in [5.74, 6) is 0. The van der Waals surface area contributed by atoms with Crippen molar-refractivity contribution in [3.05, 3.63) is 164 Å². The molecule has 0 atom stereocenters. The standard InChI is InChI=1S/C38H27N/c1-2-17-33(18-3-1)39(38-22-10-14-30-12-5-7-20-37(30)38)34-25-23-28(24-26-34)31-15-8-16-32(27-31)36-21-9-13-29-11-4-6-19-35(29)36/h1-27H. The van der Waals surface area contributed by atoms with Crippen LogP contribution in [0.4, 0.5) is 17.1 Å². The fourth-order valence-corrected chi connectivity index (χ4v) is 5.55. The molecule has 0 aliphatic carbocycles. The van der Waals surface area contributed by atoms with Gasteiger partial charge in [0, 0.05) is 16.8 Å². The van der Waals surface area contributed by atoms with Crippen LogP contribution in [0.3, 0.4) is 0 Å². The van der Waals surface area contributed by atoms with Gasteiger partial charge in [-0.05, 0) is 74.8 Å². The van der Waals surface area contributed by atoms with Gasteiger partial charge in [0.1, 0.15) is 0 Å². The molecular weight excluding hydrogens is 470 g/mol. The minimum atomic E-state index is 1.13. The lowest BCUT2D eigenvalue weighted by Crippen LogP contribution is -2.10. The minimum absolute atomic E-state index is 1.13. The zero-order chi connectivity index (χ0) is 26.0. The van der Waals surface area contributed by atoms with Crippen LogP contribution in [-0.2, 0) is 0 Å². The van der Waals surface area contributed by atoms with Gasteiger partial charge in [0.25, 0.3) is 0 Å². The van der Waals surface area contributed by atoms with Crippen molar-refractivity contribution in [2.24, 2.45) is 0 Å². The molecule has 184 valence electrons. The van der Waals surface area contributed by atoms with E-state index in [4.69, 9.17) is 0 Å². The first-order chi connectivity index (χ1) is 19.3. The molecule has 1 heteroatoms. The molecule has 0 N–H and O–H groups in total. The van der Waals surface area contributed by atoms with Gasteiger partial charge in [0.05, 0.1) is 5.69 Å². The maximum Gasteiger partial charge on any atom is 0.0540 e. The molecule has 0 amide bonds. The van der Waals surface area contributed by atoms with E-state index in [-0.39, 0.29) is 0 Å². The summed E-state index contributed by atoms with van der Waals surface area (Å²) in [5, 5.41) is 5.01. The van der Waals surface area contributed by atoms with Crippen LogP contribution in [0.5, 0.6) is 0 Å². The molecule has 0 aliphatic rings. The number of para-hydroxylation sites is 1. The van der Waals surface area contributed by atoms with Crippen LogP contribution in [0.15, 0.2) is 164 Å². The van der Waals surface area contributed by atoms with Gasteiger partial charge in [-0.3, -0.25) is 0 Å². The van der Waals surface area contributed by atoms with E-state index in [9.17, 15) is 0 Å². The van der Waals surface area contributed by atoms with Crippen LogP contribution in [0.2, 0.25) is 0 Å². The zero-order valence-corrected chi connectivity index (χ0v) is 21.5. The summed E-state index contributed by atoms with van der Waals surface area (Å²) >= 11 is 0. The number of fused-ring (bicyclic) bond motifs is 2. The lowest BCUT2D eigenvalue weighted by Gasteiger charge is -2.27. The SMILES string of the molecule is c1ccc(N(c2ccc(-c3cccc(-c4cccc5ccccc45)c3)cc2)c2cccc3ccccc23)cc1. The van der Waals surface area contributed by atoms with E-state index >= 15 is 0 Å². The molecule has 0 aromatic heterocycles. The van der Waals surface area contributed by atoms with E-state index < -0.39 is 0 Å². The Bertz CT molecular complexity index is 1890. The van der Waals surface area contributed by atoms with Crippen molar-refractivity contribution in [1.29, 1.82) is 0 Å². The second-order valence-electron chi connectivity index (χ2n) is 9.82. The summed E-state index contributed by atoms with van der Waals surface area (Å²) < 4.78 is 0. The predicted molar refractivity (Wildman–Crippen MR) is 167 cm³/mol. The van der Waals surface area contributed by atoms with Crippen molar-refractivity contribution in [2.75, 3.05) is 4.90 Å². The summed E-state index contributed by atoms with van der Waals surface area (Å²) in [6, 6.07) is 58.6. The molecule has 39 heavy (non-hydrogen) atoms. The monoisotopic (exact) mass is 497 g/mol. The predicted octanol–water partition coefficient (Wildman–Crippen LogP) is 10.8. The van der Waals surface area contributed by atoms with Crippen LogP contribution in [0, 0.1) is 0 Å². The van der Waals surface area contributed by atoms with Crippen molar-refractivity contribution >= 4 is 38.6 Å². The van der Waals surface area contributed by atoms with E-state index in [0.717, 1.165) is 11.4 Å². The van der Waals surface area contributed by atoms with Gasteiger partial charge in [-0.1, -0.05) is 127 Å². The van der Waals surface area contributed by atoms with Gasteiger partial charge in [-0.25, -0.2) is 0 Å². The quantitative estimate of drug-likeness (QED) is 0.229. The average Bonchev–Trinajstić information content (AvgIpc) is 3.02. The molecule has 0 fully saturated rings. The molecule has 0 saturated carbocycles. The van der Waals surface area contributed by atoms with Crippen molar-refractivity contribution in [3.8, 4) is 22.3 Å². The van der Waals surface area contributed by atoms with Crippen molar-refractivity contribution in [1.82, 2.24) is 0 Å². The van der Waals surface area contributed by atoms with Gasteiger partial charge in [0.15, 0.2) is 0 Å². The maximum atomic E-state index is 2.35. The first-order valence-corrected chi connectivity index (χ1v) is 13.4. The Kier molecular flexibility index (Phi) is 5.88. The lowest BCUT2D eigenvalue weighted by molar-refractivity contribution is 1.30. The second kappa shape index (κ2) is 9.96. The minimum Gasteiger partial charge on any atom is -0.310 e.